The lowest BCUT2D eigenvalue weighted by atomic mass is 9.49. The van der Waals surface area contributed by atoms with Crippen molar-refractivity contribution >= 4 is 11.8 Å². The van der Waals surface area contributed by atoms with Gasteiger partial charge in [-0.15, -0.1) is 0 Å². The fraction of sp³-hybridized carbons (Fsp3) is 0.667. The Hall–Kier alpha value is -1.58. The molecule has 4 aliphatic carbocycles. The van der Waals surface area contributed by atoms with Gasteiger partial charge in [-0.2, -0.15) is 0 Å². The van der Waals surface area contributed by atoms with Crippen LogP contribution in [-0.2, 0) is 0 Å². The molecule has 4 nitrogen and oxygen atoms in total. The molecule has 1 heterocycles. The molecule has 5 rings (SSSR count). The molecule has 0 atom stereocenters. The van der Waals surface area contributed by atoms with Gasteiger partial charge >= 0.3 is 6.03 Å². The number of carbonyl (C=O) groups is 1. The van der Waals surface area contributed by atoms with E-state index in [2.05, 4.69) is 15.6 Å². The topological polar surface area (TPSA) is 54.0 Å². The van der Waals surface area contributed by atoms with Crippen LogP contribution >= 0.6 is 0 Å². The van der Waals surface area contributed by atoms with E-state index >= 15 is 0 Å². The second kappa shape index (κ2) is 5.25. The molecule has 0 unspecified atom stereocenters. The number of carbonyl (C=O) groups excluding carboxylic acids is 1. The van der Waals surface area contributed by atoms with Crippen LogP contribution in [0.3, 0.4) is 0 Å². The monoisotopic (exact) mass is 299 g/mol. The maximum Gasteiger partial charge on any atom is 0.320 e. The van der Waals surface area contributed by atoms with E-state index in [4.69, 9.17) is 0 Å². The van der Waals surface area contributed by atoms with E-state index in [0.717, 1.165) is 29.9 Å². The van der Waals surface area contributed by atoms with Crippen LogP contribution in [0, 0.1) is 30.1 Å². The van der Waals surface area contributed by atoms with Gasteiger partial charge in [-0.05, 0) is 86.3 Å². The average molecular weight is 299 g/mol. The Kier molecular flexibility index (Phi) is 3.35. The lowest BCUT2D eigenvalue weighted by Crippen LogP contribution is -2.51. The second-order valence-corrected chi connectivity index (χ2v) is 7.94. The maximum absolute atomic E-state index is 12.2. The third-order valence-corrected chi connectivity index (χ3v) is 5.95. The summed E-state index contributed by atoms with van der Waals surface area (Å²) in [5.74, 6) is 3.40. The second-order valence-electron chi connectivity index (χ2n) is 7.94. The van der Waals surface area contributed by atoms with Crippen molar-refractivity contribution in [3.63, 3.8) is 0 Å². The van der Waals surface area contributed by atoms with Gasteiger partial charge in [0.25, 0.3) is 0 Å². The van der Waals surface area contributed by atoms with Gasteiger partial charge in [0.15, 0.2) is 0 Å². The predicted octanol–water partition coefficient (Wildman–Crippen LogP) is 3.73. The summed E-state index contributed by atoms with van der Waals surface area (Å²) < 4.78 is 0. The first-order valence-electron chi connectivity index (χ1n) is 8.58. The van der Waals surface area contributed by atoms with Gasteiger partial charge in [0.2, 0.25) is 0 Å². The van der Waals surface area contributed by atoms with Crippen LogP contribution in [0.2, 0.25) is 0 Å². The first kappa shape index (κ1) is 14.0. The summed E-state index contributed by atoms with van der Waals surface area (Å²) in [6, 6.07) is 3.71. The van der Waals surface area contributed by atoms with E-state index in [1.807, 2.05) is 19.1 Å². The number of aromatic nitrogens is 1. The van der Waals surface area contributed by atoms with Gasteiger partial charge in [0.1, 0.15) is 5.82 Å². The predicted molar refractivity (Wildman–Crippen MR) is 86.6 cm³/mol. The van der Waals surface area contributed by atoms with Crippen molar-refractivity contribution < 1.29 is 4.79 Å². The first-order chi connectivity index (χ1) is 10.6. The van der Waals surface area contributed by atoms with Crippen LogP contribution in [0.15, 0.2) is 18.3 Å². The first-order valence-corrected chi connectivity index (χ1v) is 8.58. The Bertz CT molecular complexity index is 548. The van der Waals surface area contributed by atoms with Gasteiger partial charge in [-0.1, -0.05) is 0 Å². The molecule has 0 saturated heterocycles. The van der Waals surface area contributed by atoms with Gasteiger partial charge < -0.3 is 5.32 Å². The summed E-state index contributed by atoms with van der Waals surface area (Å²) in [7, 11) is 0. The average Bonchev–Trinajstić information content (AvgIpc) is 2.44. The normalized spacial score (nSPS) is 35.4. The van der Waals surface area contributed by atoms with E-state index < -0.39 is 0 Å². The Morgan fingerprint density at radius 3 is 2.45 bits per heavy atom. The molecule has 0 spiro atoms. The molecule has 4 heteroatoms. The van der Waals surface area contributed by atoms with Crippen molar-refractivity contribution in [2.75, 3.05) is 11.9 Å². The molecule has 118 valence electrons. The third-order valence-electron chi connectivity index (χ3n) is 5.95. The molecule has 1 aromatic rings. The number of nitrogens with zero attached hydrogens (tertiary/aromatic N) is 1. The molecule has 4 bridgehead atoms. The molecular formula is C18H25N3O. The molecule has 4 fully saturated rings. The molecule has 0 aliphatic heterocycles. The molecule has 1 aromatic heterocycles. The van der Waals surface area contributed by atoms with Gasteiger partial charge in [-0.3, -0.25) is 5.32 Å². The summed E-state index contributed by atoms with van der Waals surface area (Å²) >= 11 is 0. The Balaban J connectivity index is 1.35. The fourth-order valence-corrected chi connectivity index (χ4v) is 5.54. The fourth-order valence-electron chi connectivity index (χ4n) is 5.54. The Morgan fingerprint density at radius 2 is 1.86 bits per heavy atom. The summed E-state index contributed by atoms with van der Waals surface area (Å²) in [5, 5.41) is 5.97. The Morgan fingerprint density at radius 1 is 1.23 bits per heavy atom. The number of nitrogens with one attached hydrogen (secondary N) is 2. The highest BCUT2D eigenvalue weighted by atomic mass is 16.2. The van der Waals surface area contributed by atoms with Gasteiger partial charge in [-0.25, -0.2) is 9.78 Å². The summed E-state index contributed by atoms with van der Waals surface area (Å²) in [4.78, 5) is 16.3. The van der Waals surface area contributed by atoms with Crippen molar-refractivity contribution in [2.45, 2.75) is 45.4 Å². The molecule has 0 radical (unpaired) electrons. The number of rotatable bonds is 3. The number of pyridine rings is 1. The van der Waals surface area contributed by atoms with Crippen molar-refractivity contribution in [1.82, 2.24) is 10.3 Å². The van der Waals surface area contributed by atoms with Crippen LogP contribution in [0.4, 0.5) is 10.6 Å². The molecule has 4 aliphatic rings. The number of hydrogen-bond donors (Lipinski definition) is 2. The largest absolute Gasteiger partial charge is 0.337 e. The van der Waals surface area contributed by atoms with Crippen molar-refractivity contribution in [2.24, 2.45) is 23.2 Å². The number of amides is 2. The van der Waals surface area contributed by atoms with Crippen molar-refractivity contribution in [1.29, 1.82) is 0 Å². The molecule has 22 heavy (non-hydrogen) atoms. The van der Waals surface area contributed by atoms with Crippen LogP contribution in [0.5, 0.6) is 0 Å². The molecule has 2 amide bonds. The van der Waals surface area contributed by atoms with Crippen LogP contribution in [-0.4, -0.2) is 17.6 Å². The summed E-state index contributed by atoms with van der Waals surface area (Å²) in [6.45, 7) is 2.83. The Labute approximate surface area is 132 Å². The van der Waals surface area contributed by atoms with E-state index in [1.165, 1.54) is 38.5 Å². The minimum Gasteiger partial charge on any atom is -0.337 e. The van der Waals surface area contributed by atoms with Crippen molar-refractivity contribution in [3.05, 3.63) is 23.9 Å². The number of hydrogen-bond acceptors (Lipinski definition) is 2. The zero-order valence-electron chi connectivity index (χ0n) is 13.3. The van der Waals surface area contributed by atoms with Crippen LogP contribution in [0.25, 0.3) is 0 Å². The van der Waals surface area contributed by atoms with Gasteiger partial charge in [0, 0.05) is 12.7 Å². The standard InChI is InChI=1S/C18H25N3O/c1-12-2-3-19-16(4-12)21-17(22)20-11-18-8-13-5-14(9-18)7-15(6-13)10-18/h2-4,13-15H,5-11H2,1H3,(H2,19,20,21,22). The number of urea groups is 1. The van der Waals surface area contributed by atoms with E-state index in [1.54, 1.807) is 6.20 Å². The van der Waals surface area contributed by atoms with Crippen molar-refractivity contribution in [3.8, 4) is 0 Å². The number of aryl methyl sites for hydroxylation is 1. The minimum atomic E-state index is -0.117. The smallest absolute Gasteiger partial charge is 0.320 e. The summed E-state index contributed by atoms with van der Waals surface area (Å²) in [5.41, 5.74) is 1.48. The third kappa shape index (κ3) is 2.71. The highest BCUT2D eigenvalue weighted by Crippen LogP contribution is 2.59. The van der Waals surface area contributed by atoms with E-state index in [9.17, 15) is 4.79 Å². The zero-order chi connectivity index (χ0) is 15.2. The SMILES string of the molecule is Cc1ccnc(NC(=O)NCC23CC4CC(CC(C4)C2)C3)c1. The molecule has 2 N–H and O–H groups in total. The highest BCUT2D eigenvalue weighted by Gasteiger charge is 2.50. The lowest BCUT2D eigenvalue weighted by Gasteiger charge is -2.56. The highest BCUT2D eigenvalue weighted by molar-refractivity contribution is 5.88. The molecule has 4 saturated carbocycles. The summed E-state index contributed by atoms with van der Waals surface area (Å²) in [6.07, 6.45) is 10.0. The molecule has 0 aromatic carbocycles. The van der Waals surface area contributed by atoms with E-state index in [0.29, 0.717) is 11.2 Å². The number of anilines is 1. The lowest BCUT2D eigenvalue weighted by molar-refractivity contribution is -0.0496. The van der Waals surface area contributed by atoms with E-state index in [-0.39, 0.29) is 6.03 Å². The molecular weight excluding hydrogens is 274 g/mol. The van der Waals surface area contributed by atoms with Gasteiger partial charge in [0.05, 0.1) is 0 Å². The van der Waals surface area contributed by atoms with Crippen LogP contribution < -0.4 is 10.6 Å². The zero-order valence-corrected chi connectivity index (χ0v) is 13.3. The quantitative estimate of drug-likeness (QED) is 0.893. The maximum atomic E-state index is 12.2. The minimum absolute atomic E-state index is 0.117. The van der Waals surface area contributed by atoms with Crippen LogP contribution in [0.1, 0.15) is 44.1 Å².